The van der Waals surface area contributed by atoms with Crippen molar-refractivity contribution >= 4 is 15.9 Å². The Bertz CT molecular complexity index is 689. The van der Waals surface area contributed by atoms with Crippen LogP contribution in [0.3, 0.4) is 0 Å². The zero-order chi connectivity index (χ0) is 17.2. The lowest BCUT2D eigenvalue weighted by Crippen LogP contribution is -2.55. The predicted molar refractivity (Wildman–Crippen MR) is 86.8 cm³/mol. The molecule has 0 aromatic heterocycles. The lowest BCUT2D eigenvalue weighted by molar-refractivity contribution is -0.125. The van der Waals surface area contributed by atoms with E-state index in [2.05, 4.69) is 5.32 Å². The molecule has 2 rings (SSSR count). The Morgan fingerprint density at radius 3 is 2.74 bits per heavy atom. The van der Waals surface area contributed by atoms with Crippen LogP contribution in [0.25, 0.3) is 0 Å². The Hall–Kier alpha value is -1.47. The summed E-state index contributed by atoms with van der Waals surface area (Å²) in [7, 11) is -3.39. The van der Waals surface area contributed by atoms with E-state index in [0.717, 1.165) is 11.1 Å². The Morgan fingerprint density at radius 2 is 2.13 bits per heavy atom. The van der Waals surface area contributed by atoms with Gasteiger partial charge in [-0.2, -0.15) is 4.31 Å². The Labute approximate surface area is 136 Å². The monoisotopic (exact) mass is 342 g/mol. The molecule has 1 unspecified atom stereocenters. The summed E-state index contributed by atoms with van der Waals surface area (Å²) in [6.07, 6.45) is 1.00. The maximum atomic E-state index is 13.1. The molecule has 23 heavy (non-hydrogen) atoms. The summed E-state index contributed by atoms with van der Waals surface area (Å²) in [5.74, 6) is -0.529. The second kappa shape index (κ2) is 6.97. The van der Waals surface area contributed by atoms with Gasteiger partial charge >= 0.3 is 0 Å². The van der Waals surface area contributed by atoms with Crippen LogP contribution in [0.2, 0.25) is 0 Å². The largest absolute Gasteiger partial charge is 0.351 e. The van der Waals surface area contributed by atoms with Crippen molar-refractivity contribution in [1.29, 1.82) is 0 Å². The van der Waals surface area contributed by atoms with E-state index in [9.17, 15) is 17.6 Å². The van der Waals surface area contributed by atoms with Crippen molar-refractivity contribution < 1.29 is 17.6 Å². The van der Waals surface area contributed by atoms with Crippen LogP contribution >= 0.6 is 0 Å². The fourth-order valence-corrected chi connectivity index (χ4v) is 4.94. The highest BCUT2D eigenvalue weighted by molar-refractivity contribution is 7.89. The highest BCUT2D eigenvalue weighted by Gasteiger charge is 2.39. The van der Waals surface area contributed by atoms with E-state index < -0.39 is 16.1 Å². The summed E-state index contributed by atoms with van der Waals surface area (Å²) in [5.41, 5.74) is 1.57. The van der Waals surface area contributed by atoms with Gasteiger partial charge in [0.05, 0.1) is 5.75 Å². The van der Waals surface area contributed by atoms with E-state index in [4.69, 9.17) is 0 Å². The minimum absolute atomic E-state index is 0.0893. The zero-order valence-corrected chi connectivity index (χ0v) is 14.5. The van der Waals surface area contributed by atoms with Crippen molar-refractivity contribution in [3.63, 3.8) is 0 Å². The molecule has 0 bridgehead atoms. The maximum absolute atomic E-state index is 13.1. The normalized spacial score (nSPS) is 21.3. The predicted octanol–water partition coefficient (Wildman–Crippen LogP) is 1.95. The molecular formula is C16H23FN2O3S. The van der Waals surface area contributed by atoms with Gasteiger partial charge in [-0.15, -0.1) is 0 Å². The molecule has 0 saturated carbocycles. The van der Waals surface area contributed by atoms with E-state index in [1.54, 1.807) is 26.8 Å². The maximum Gasteiger partial charge on any atom is 0.238 e. The van der Waals surface area contributed by atoms with Crippen molar-refractivity contribution in [3.8, 4) is 0 Å². The molecule has 1 amide bonds. The van der Waals surface area contributed by atoms with Gasteiger partial charge in [-0.3, -0.25) is 4.79 Å². The molecule has 1 atom stereocenters. The third-order valence-corrected chi connectivity index (χ3v) is 6.20. The number of carbonyl (C=O) groups is 1. The lowest BCUT2D eigenvalue weighted by atomic mass is 10.1. The van der Waals surface area contributed by atoms with Crippen molar-refractivity contribution in [2.45, 2.75) is 52.2 Å². The van der Waals surface area contributed by atoms with Gasteiger partial charge in [-0.05, 0) is 56.9 Å². The van der Waals surface area contributed by atoms with E-state index >= 15 is 0 Å². The molecule has 1 heterocycles. The number of hydrogen-bond acceptors (Lipinski definition) is 3. The molecule has 1 saturated heterocycles. The quantitative estimate of drug-likeness (QED) is 0.909. The lowest BCUT2D eigenvalue weighted by Gasteiger charge is -2.36. The SMILES string of the molecule is Cc1cc(F)ccc1CNC(=O)C1CCCS(=O)(=O)N1C(C)C. The van der Waals surface area contributed by atoms with Crippen molar-refractivity contribution in [2.24, 2.45) is 0 Å². The van der Waals surface area contributed by atoms with Crippen molar-refractivity contribution in [2.75, 3.05) is 5.75 Å². The average molecular weight is 342 g/mol. The summed E-state index contributed by atoms with van der Waals surface area (Å²) >= 11 is 0. The van der Waals surface area contributed by atoms with Crippen LogP contribution in [-0.4, -0.2) is 36.5 Å². The molecule has 0 aliphatic carbocycles. The highest BCUT2D eigenvalue weighted by Crippen LogP contribution is 2.23. The summed E-state index contributed by atoms with van der Waals surface area (Å²) in [6, 6.07) is 3.45. The molecule has 1 aliphatic rings. The number of rotatable bonds is 4. The van der Waals surface area contributed by atoms with E-state index in [-0.39, 0.29) is 30.1 Å². The highest BCUT2D eigenvalue weighted by atomic mass is 32.2. The number of aryl methyl sites for hydroxylation is 1. The number of hydrogen-bond donors (Lipinski definition) is 1. The number of nitrogens with one attached hydrogen (secondary N) is 1. The number of sulfonamides is 1. The third-order valence-electron chi connectivity index (χ3n) is 4.08. The van der Waals surface area contributed by atoms with Gasteiger partial charge in [0.15, 0.2) is 0 Å². The first-order valence-corrected chi connectivity index (χ1v) is 9.37. The van der Waals surface area contributed by atoms with Gasteiger partial charge in [-0.25, -0.2) is 12.8 Å². The molecule has 7 heteroatoms. The summed E-state index contributed by atoms with van der Waals surface area (Å²) in [6.45, 7) is 5.57. The number of benzene rings is 1. The first-order chi connectivity index (χ1) is 10.7. The number of amides is 1. The van der Waals surface area contributed by atoms with Gasteiger partial charge in [0.2, 0.25) is 15.9 Å². The molecule has 5 nitrogen and oxygen atoms in total. The standard InChI is InChI=1S/C16H23FN2O3S/c1-11(2)19-15(5-4-8-23(19,21)22)16(20)18-10-13-6-7-14(17)9-12(13)3/h6-7,9,11,15H,4-5,8,10H2,1-3H3,(H,18,20). The van der Waals surface area contributed by atoms with Gasteiger partial charge in [-0.1, -0.05) is 6.07 Å². The minimum Gasteiger partial charge on any atom is -0.351 e. The second-order valence-corrected chi connectivity index (χ2v) is 8.18. The molecule has 0 radical (unpaired) electrons. The third kappa shape index (κ3) is 4.09. The van der Waals surface area contributed by atoms with Crippen LogP contribution in [0.5, 0.6) is 0 Å². The number of carbonyl (C=O) groups excluding carboxylic acids is 1. The van der Waals surface area contributed by atoms with Crippen LogP contribution in [0, 0.1) is 12.7 Å². The minimum atomic E-state index is -3.39. The summed E-state index contributed by atoms with van der Waals surface area (Å²) in [5, 5.41) is 2.78. The van der Waals surface area contributed by atoms with Gasteiger partial charge < -0.3 is 5.32 Å². The molecule has 0 spiro atoms. The van der Waals surface area contributed by atoms with E-state index in [1.807, 2.05) is 0 Å². The summed E-state index contributed by atoms with van der Waals surface area (Å²) in [4.78, 5) is 12.5. The van der Waals surface area contributed by atoms with Crippen LogP contribution in [0.4, 0.5) is 4.39 Å². The molecular weight excluding hydrogens is 319 g/mol. The Balaban J connectivity index is 2.09. The van der Waals surface area contributed by atoms with Crippen LogP contribution in [0.1, 0.15) is 37.8 Å². The van der Waals surface area contributed by atoms with Gasteiger partial charge in [0, 0.05) is 12.6 Å². The average Bonchev–Trinajstić information content (AvgIpc) is 2.44. The van der Waals surface area contributed by atoms with E-state index in [1.165, 1.54) is 16.4 Å². The molecule has 1 aromatic carbocycles. The summed E-state index contributed by atoms with van der Waals surface area (Å²) < 4.78 is 38.8. The Kier molecular flexibility index (Phi) is 5.41. The molecule has 1 aromatic rings. The second-order valence-electron chi connectivity index (χ2n) is 6.19. The van der Waals surface area contributed by atoms with Crippen LogP contribution < -0.4 is 5.32 Å². The van der Waals surface area contributed by atoms with Gasteiger partial charge in [0.1, 0.15) is 11.9 Å². The van der Waals surface area contributed by atoms with Crippen molar-refractivity contribution in [1.82, 2.24) is 9.62 Å². The fraction of sp³-hybridized carbons (Fsp3) is 0.562. The molecule has 1 fully saturated rings. The molecule has 1 aliphatic heterocycles. The van der Waals surface area contributed by atoms with Crippen LogP contribution in [0.15, 0.2) is 18.2 Å². The fourth-order valence-electron chi connectivity index (χ4n) is 2.97. The zero-order valence-electron chi connectivity index (χ0n) is 13.7. The number of nitrogens with zero attached hydrogens (tertiary/aromatic N) is 1. The number of halogens is 1. The molecule has 128 valence electrons. The first kappa shape index (κ1) is 17.9. The van der Waals surface area contributed by atoms with Crippen molar-refractivity contribution in [3.05, 3.63) is 35.1 Å². The van der Waals surface area contributed by atoms with E-state index in [0.29, 0.717) is 12.8 Å². The topological polar surface area (TPSA) is 66.5 Å². The smallest absolute Gasteiger partial charge is 0.238 e. The molecule has 1 N–H and O–H groups in total. The Morgan fingerprint density at radius 1 is 1.43 bits per heavy atom. The first-order valence-electron chi connectivity index (χ1n) is 7.76. The van der Waals surface area contributed by atoms with Crippen LogP contribution in [-0.2, 0) is 21.4 Å². The van der Waals surface area contributed by atoms with Gasteiger partial charge in [0.25, 0.3) is 0 Å².